The molecule has 2 atom stereocenters. The fraction of sp³-hybridized carbons (Fsp3) is 0.538. The highest BCUT2D eigenvalue weighted by molar-refractivity contribution is 5.96. The van der Waals surface area contributed by atoms with Crippen LogP contribution in [0.15, 0.2) is 12.1 Å². The Morgan fingerprint density at radius 2 is 2.06 bits per heavy atom. The molecular weight excluding hydrogens is 232 g/mol. The molecule has 1 amide bonds. The Morgan fingerprint density at radius 1 is 1.39 bits per heavy atom. The Labute approximate surface area is 106 Å². The third-order valence-corrected chi connectivity index (χ3v) is 3.81. The van der Waals surface area contributed by atoms with Crippen LogP contribution in [-0.4, -0.2) is 39.0 Å². The topological polar surface area (TPSA) is 62.5 Å². The molecule has 5 heteroatoms. The molecular formula is C13H18N2O3. The van der Waals surface area contributed by atoms with Gasteiger partial charge in [0.2, 0.25) is 0 Å². The zero-order valence-corrected chi connectivity index (χ0v) is 10.9. The highest BCUT2D eigenvalue weighted by atomic mass is 16.4. The number of carboxylic acid groups (broad SMARTS) is 1. The maximum atomic E-state index is 12.4. The van der Waals surface area contributed by atoms with E-state index in [2.05, 4.69) is 0 Å². The number of aromatic nitrogens is 1. The van der Waals surface area contributed by atoms with Crippen LogP contribution >= 0.6 is 0 Å². The van der Waals surface area contributed by atoms with E-state index in [1.54, 1.807) is 10.6 Å². The number of carbonyl (C=O) groups is 2. The smallest absolute Gasteiger partial charge is 0.326 e. The Balaban J connectivity index is 2.29. The summed E-state index contributed by atoms with van der Waals surface area (Å²) in [4.78, 5) is 25.1. The van der Waals surface area contributed by atoms with Crippen molar-refractivity contribution in [3.05, 3.63) is 23.5 Å². The normalized spacial score (nSPS) is 23.4. The number of aryl methyl sites for hydroxylation is 1. The fourth-order valence-electron chi connectivity index (χ4n) is 2.53. The van der Waals surface area contributed by atoms with Gasteiger partial charge in [0.1, 0.15) is 11.7 Å². The van der Waals surface area contributed by atoms with Gasteiger partial charge in [-0.1, -0.05) is 6.92 Å². The van der Waals surface area contributed by atoms with Crippen LogP contribution in [0.3, 0.4) is 0 Å². The van der Waals surface area contributed by atoms with Crippen LogP contribution < -0.4 is 0 Å². The van der Waals surface area contributed by atoms with Crippen molar-refractivity contribution in [1.29, 1.82) is 0 Å². The Hall–Kier alpha value is -1.78. The van der Waals surface area contributed by atoms with Crippen molar-refractivity contribution in [3.8, 4) is 0 Å². The number of carboxylic acids is 1. The van der Waals surface area contributed by atoms with Crippen LogP contribution in [0.2, 0.25) is 0 Å². The van der Waals surface area contributed by atoms with Gasteiger partial charge in [-0.15, -0.1) is 0 Å². The van der Waals surface area contributed by atoms with E-state index >= 15 is 0 Å². The first-order chi connectivity index (χ1) is 8.43. The van der Waals surface area contributed by atoms with Gasteiger partial charge >= 0.3 is 5.97 Å². The van der Waals surface area contributed by atoms with Crippen LogP contribution in [0.1, 0.15) is 29.5 Å². The van der Waals surface area contributed by atoms with Crippen molar-refractivity contribution in [1.82, 2.24) is 9.47 Å². The monoisotopic (exact) mass is 250 g/mol. The van der Waals surface area contributed by atoms with E-state index in [9.17, 15) is 14.7 Å². The first kappa shape index (κ1) is 12.7. The summed E-state index contributed by atoms with van der Waals surface area (Å²) >= 11 is 0. The molecule has 2 rings (SSSR count). The van der Waals surface area contributed by atoms with E-state index in [1.807, 2.05) is 27.0 Å². The van der Waals surface area contributed by atoms with Gasteiger partial charge in [-0.05, 0) is 31.4 Å². The van der Waals surface area contributed by atoms with Gasteiger partial charge in [0.15, 0.2) is 0 Å². The average molecular weight is 250 g/mol. The molecule has 0 saturated carbocycles. The second-order valence-electron chi connectivity index (χ2n) is 4.97. The molecule has 1 aromatic heterocycles. The zero-order valence-electron chi connectivity index (χ0n) is 10.9. The quantitative estimate of drug-likeness (QED) is 0.859. The SMILES string of the molecule is Cc1ccc(C(=O)N2CCC(C)C2C(=O)O)n1C. The van der Waals surface area contributed by atoms with Gasteiger partial charge in [-0.2, -0.15) is 0 Å². The number of hydrogen-bond donors (Lipinski definition) is 1. The summed E-state index contributed by atoms with van der Waals surface area (Å²) in [6.07, 6.45) is 0.742. The summed E-state index contributed by atoms with van der Waals surface area (Å²) in [5.74, 6) is -1.10. The lowest BCUT2D eigenvalue weighted by Crippen LogP contribution is -2.43. The van der Waals surface area contributed by atoms with Gasteiger partial charge in [-0.3, -0.25) is 4.79 Å². The van der Waals surface area contributed by atoms with Crippen molar-refractivity contribution in [2.24, 2.45) is 13.0 Å². The van der Waals surface area contributed by atoms with Crippen molar-refractivity contribution in [3.63, 3.8) is 0 Å². The van der Waals surface area contributed by atoms with Crippen molar-refractivity contribution in [2.75, 3.05) is 6.54 Å². The maximum Gasteiger partial charge on any atom is 0.326 e. The Kier molecular flexibility index (Phi) is 3.15. The first-order valence-corrected chi connectivity index (χ1v) is 6.09. The number of rotatable bonds is 2. The minimum atomic E-state index is -0.917. The van der Waals surface area contributed by atoms with E-state index in [1.165, 1.54) is 4.90 Å². The predicted molar refractivity (Wildman–Crippen MR) is 66.4 cm³/mol. The van der Waals surface area contributed by atoms with Crippen LogP contribution in [0.5, 0.6) is 0 Å². The molecule has 1 saturated heterocycles. The molecule has 1 aliphatic rings. The molecule has 2 heterocycles. The van der Waals surface area contributed by atoms with Crippen molar-refractivity contribution >= 4 is 11.9 Å². The lowest BCUT2D eigenvalue weighted by atomic mass is 10.0. The van der Waals surface area contributed by atoms with Crippen molar-refractivity contribution < 1.29 is 14.7 Å². The van der Waals surface area contributed by atoms with Gasteiger partial charge < -0.3 is 14.6 Å². The third kappa shape index (κ3) is 1.89. The summed E-state index contributed by atoms with van der Waals surface area (Å²) in [6, 6.07) is 2.91. The van der Waals surface area contributed by atoms with E-state index in [-0.39, 0.29) is 11.8 Å². The molecule has 0 bridgehead atoms. The van der Waals surface area contributed by atoms with Gasteiger partial charge in [-0.25, -0.2) is 4.79 Å². The van der Waals surface area contributed by atoms with E-state index < -0.39 is 12.0 Å². The third-order valence-electron chi connectivity index (χ3n) is 3.81. The molecule has 1 aromatic rings. The molecule has 18 heavy (non-hydrogen) atoms. The minimum absolute atomic E-state index is 0.00724. The molecule has 2 unspecified atom stereocenters. The second-order valence-corrected chi connectivity index (χ2v) is 4.97. The molecule has 1 aliphatic heterocycles. The highest BCUT2D eigenvalue weighted by Crippen LogP contribution is 2.26. The highest BCUT2D eigenvalue weighted by Gasteiger charge is 2.40. The van der Waals surface area contributed by atoms with Crippen LogP contribution in [0, 0.1) is 12.8 Å². The summed E-state index contributed by atoms with van der Waals surface area (Å²) in [6.45, 7) is 4.31. The fourth-order valence-corrected chi connectivity index (χ4v) is 2.53. The number of amides is 1. The zero-order chi connectivity index (χ0) is 13.4. The second kappa shape index (κ2) is 4.48. The van der Waals surface area contributed by atoms with Gasteiger partial charge in [0.05, 0.1) is 0 Å². The molecule has 0 spiro atoms. The molecule has 1 N–H and O–H groups in total. The maximum absolute atomic E-state index is 12.4. The van der Waals surface area contributed by atoms with E-state index in [4.69, 9.17) is 0 Å². The van der Waals surface area contributed by atoms with E-state index in [0.29, 0.717) is 12.2 Å². The molecule has 98 valence electrons. The average Bonchev–Trinajstić information content (AvgIpc) is 2.83. The summed E-state index contributed by atoms with van der Waals surface area (Å²) in [7, 11) is 1.82. The largest absolute Gasteiger partial charge is 0.480 e. The first-order valence-electron chi connectivity index (χ1n) is 6.09. The minimum Gasteiger partial charge on any atom is -0.480 e. The van der Waals surface area contributed by atoms with Gasteiger partial charge in [0.25, 0.3) is 5.91 Å². The molecule has 1 fully saturated rings. The molecule has 0 aliphatic carbocycles. The number of aliphatic carboxylic acids is 1. The number of likely N-dealkylation sites (tertiary alicyclic amines) is 1. The lowest BCUT2D eigenvalue weighted by Gasteiger charge is -2.23. The number of hydrogen-bond acceptors (Lipinski definition) is 2. The van der Waals surface area contributed by atoms with Gasteiger partial charge in [0, 0.05) is 19.3 Å². The number of carbonyl (C=O) groups excluding carboxylic acids is 1. The van der Waals surface area contributed by atoms with Crippen molar-refractivity contribution in [2.45, 2.75) is 26.3 Å². The molecule has 0 aromatic carbocycles. The predicted octanol–water partition coefficient (Wildman–Crippen LogP) is 1.27. The van der Waals surface area contributed by atoms with Crippen LogP contribution in [0.4, 0.5) is 0 Å². The standard InChI is InChI=1S/C13H18N2O3/c1-8-6-7-15(11(8)13(17)18)12(16)10-5-4-9(2)14(10)3/h4-5,8,11H,6-7H2,1-3H3,(H,17,18). The molecule has 0 radical (unpaired) electrons. The Morgan fingerprint density at radius 3 is 2.56 bits per heavy atom. The van der Waals surface area contributed by atoms with Crippen LogP contribution in [-0.2, 0) is 11.8 Å². The Bertz CT molecular complexity index is 492. The summed E-state index contributed by atoms with van der Waals surface area (Å²) in [5.41, 5.74) is 1.53. The number of nitrogens with zero attached hydrogens (tertiary/aromatic N) is 2. The van der Waals surface area contributed by atoms with E-state index in [0.717, 1.165) is 12.1 Å². The summed E-state index contributed by atoms with van der Waals surface area (Å²) < 4.78 is 1.80. The molecule has 5 nitrogen and oxygen atoms in total. The summed E-state index contributed by atoms with van der Waals surface area (Å²) in [5, 5.41) is 9.22. The van der Waals surface area contributed by atoms with Crippen LogP contribution in [0.25, 0.3) is 0 Å². The lowest BCUT2D eigenvalue weighted by molar-refractivity contribution is -0.142.